The fourth-order valence-corrected chi connectivity index (χ4v) is 4.72. The van der Waals surface area contributed by atoms with Crippen molar-refractivity contribution in [1.82, 2.24) is 4.98 Å². The number of para-hydroxylation sites is 1. The number of nitrogens with one attached hydrogen (secondary N) is 2. The molecule has 0 spiro atoms. The molecule has 1 amide bonds. The molecular weight excluding hydrogens is 476 g/mol. The van der Waals surface area contributed by atoms with Gasteiger partial charge >= 0.3 is 0 Å². The molecule has 0 saturated carbocycles. The molecule has 7 nitrogen and oxygen atoms in total. The third kappa shape index (κ3) is 4.10. The molecule has 0 unspecified atom stereocenters. The molecule has 5 aromatic carbocycles. The van der Waals surface area contributed by atoms with Gasteiger partial charge in [0.2, 0.25) is 0 Å². The molecule has 0 saturated heterocycles. The van der Waals surface area contributed by atoms with Gasteiger partial charge in [-0.1, -0.05) is 42.5 Å². The van der Waals surface area contributed by atoms with E-state index in [2.05, 4.69) is 20.5 Å². The van der Waals surface area contributed by atoms with Crippen molar-refractivity contribution in [1.29, 1.82) is 0 Å². The van der Waals surface area contributed by atoms with Crippen molar-refractivity contribution < 1.29 is 14.6 Å². The molecule has 6 rings (SSSR count). The summed E-state index contributed by atoms with van der Waals surface area (Å²) in [5.74, 6) is -0.0258. The first-order valence-corrected chi connectivity index (χ1v) is 12.1. The van der Waals surface area contributed by atoms with Crippen LogP contribution in [-0.2, 0) is 0 Å². The normalized spacial score (nSPS) is 11.5. The van der Waals surface area contributed by atoms with Gasteiger partial charge in [-0.25, -0.2) is 0 Å². The number of phenols is 1. The van der Waals surface area contributed by atoms with E-state index in [0.29, 0.717) is 22.5 Å². The molecule has 38 heavy (non-hydrogen) atoms. The average molecular weight is 501 g/mol. The summed E-state index contributed by atoms with van der Waals surface area (Å²) in [6.07, 6.45) is 0. The van der Waals surface area contributed by atoms with Crippen LogP contribution in [-0.4, -0.2) is 23.1 Å². The largest absolute Gasteiger partial charge is 0.505 e. The van der Waals surface area contributed by atoms with Crippen molar-refractivity contribution in [3.63, 3.8) is 0 Å². The van der Waals surface area contributed by atoms with Gasteiger partial charge < -0.3 is 20.1 Å². The van der Waals surface area contributed by atoms with Crippen molar-refractivity contribution in [3.05, 3.63) is 102 Å². The first kappa shape index (κ1) is 23.2. The molecule has 3 N–H and O–H groups in total. The lowest BCUT2D eigenvalue weighted by molar-refractivity contribution is 0.102. The van der Waals surface area contributed by atoms with Crippen LogP contribution in [0.4, 0.5) is 17.1 Å². The molecule has 7 heteroatoms. The van der Waals surface area contributed by atoms with Crippen LogP contribution >= 0.6 is 0 Å². The fraction of sp³-hybridized carbons (Fsp3) is 0.0645. The molecule has 6 aromatic rings. The molecule has 0 atom stereocenters. The van der Waals surface area contributed by atoms with E-state index in [0.717, 1.165) is 32.8 Å². The van der Waals surface area contributed by atoms with E-state index < -0.39 is 5.91 Å². The van der Waals surface area contributed by atoms with E-state index in [9.17, 15) is 9.90 Å². The number of carbonyl (C=O) groups is 1. The lowest BCUT2D eigenvalue weighted by Crippen LogP contribution is -2.12. The zero-order chi connectivity index (χ0) is 26.2. The standard InChI is InChI=1S/C31H24N4O3/c1-18-6-5-7-21(16-18)34-35-29-27-19(10-15-24-23-8-3-4-9-26(23)33-28(24)27)17-25(30(29)36)31(37)32-20-11-13-22(38-2)14-12-20/h3-17,33,36H,1-2H3,(H,32,37). The second-order valence-electron chi connectivity index (χ2n) is 9.10. The lowest BCUT2D eigenvalue weighted by atomic mass is 10.00. The number of benzene rings is 5. The van der Waals surface area contributed by atoms with Crippen molar-refractivity contribution >= 4 is 55.5 Å². The van der Waals surface area contributed by atoms with Gasteiger partial charge in [-0.15, -0.1) is 5.11 Å². The number of H-pyrrole nitrogens is 1. The highest BCUT2D eigenvalue weighted by atomic mass is 16.5. The zero-order valence-corrected chi connectivity index (χ0v) is 20.8. The topological polar surface area (TPSA) is 99.1 Å². The van der Waals surface area contributed by atoms with Crippen LogP contribution < -0.4 is 10.1 Å². The zero-order valence-electron chi connectivity index (χ0n) is 20.8. The molecule has 1 aromatic heterocycles. The minimum atomic E-state index is -0.460. The van der Waals surface area contributed by atoms with Gasteiger partial charge in [0.15, 0.2) is 5.75 Å². The number of aryl methyl sites for hydroxylation is 1. The quantitative estimate of drug-likeness (QED) is 0.208. The van der Waals surface area contributed by atoms with Gasteiger partial charge in [0.25, 0.3) is 5.91 Å². The van der Waals surface area contributed by atoms with Crippen LogP contribution in [0.3, 0.4) is 0 Å². The van der Waals surface area contributed by atoms with Crippen molar-refractivity contribution in [2.75, 3.05) is 12.4 Å². The Bertz CT molecular complexity index is 1870. The van der Waals surface area contributed by atoms with Crippen LogP contribution in [0.2, 0.25) is 0 Å². The number of rotatable bonds is 5. The number of ether oxygens (including phenoxy) is 1. The number of amides is 1. The van der Waals surface area contributed by atoms with E-state index >= 15 is 0 Å². The Labute approximate surface area is 218 Å². The molecule has 0 radical (unpaired) electrons. The van der Waals surface area contributed by atoms with Gasteiger partial charge in [-0.2, -0.15) is 5.11 Å². The highest BCUT2D eigenvalue weighted by Crippen LogP contribution is 2.44. The van der Waals surface area contributed by atoms with E-state index in [1.54, 1.807) is 37.4 Å². The monoisotopic (exact) mass is 500 g/mol. The lowest BCUT2D eigenvalue weighted by Gasteiger charge is -2.12. The van der Waals surface area contributed by atoms with Gasteiger partial charge in [-0.05, 0) is 66.4 Å². The Morgan fingerprint density at radius 3 is 2.50 bits per heavy atom. The molecule has 1 heterocycles. The molecule has 0 aliphatic heterocycles. The maximum Gasteiger partial charge on any atom is 0.259 e. The minimum Gasteiger partial charge on any atom is -0.505 e. The number of methoxy groups -OCH3 is 1. The number of fused-ring (bicyclic) bond motifs is 5. The van der Waals surface area contributed by atoms with Crippen LogP contribution in [0.1, 0.15) is 15.9 Å². The first-order chi connectivity index (χ1) is 18.5. The summed E-state index contributed by atoms with van der Waals surface area (Å²) in [7, 11) is 1.58. The Morgan fingerprint density at radius 2 is 1.71 bits per heavy atom. The van der Waals surface area contributed by atoms with Crippen LogP contribution in [0, 0.1) is 6.92 Å². The molecule has 0 bridgehead atoms. The van der Waals surface area contributed by atoms with Gasteiger partial charge in [0, 0.05) is 27.4 Å². The highest BCUT2D eigenvalue weighted by molar-refractivity contribution is 6.22. The number of anilines is 1. The summed E-state index contributed by atoms with van der Waals surface area (Å²) >= 11 is 0. The number of aromatic hydroxyl groups is 1. The smallest absolute Gasteiger partial charge is 0.259 e. The Hall–Kier alpha value is -5.17. The van der Waals surface area contributed by atoms with E-state index in [-0.39, 0.29) is 17.0 Å². The Morgan fingerprint density at radius 1 is 0.895 bits per heavy atom. The fourth-order valence-electron chi connectivity index (χ4n) is 4.72. The van der Waals surface area contributed by atoms with Crippen LogP contribution in [0.25, 0.3) is 32.6 Å². The summed E-state index contributed by atoms with van der Waals surface area (Å²) < 4.78 is 5.19. The van der Waals surface area contributed by atoms with Gasteiger partial charge in [-0.3, -0.25) is 4.79 Å². The number of phenolic OH excluding ortho intramolecular Hbond substituents is 1. The summed E-state index contributed by atoms with van der Waals surface area (Å²) in [4.78, 5) is 16.8. The molecule has 0 aliphatic rings. The Kier molecular flexibility index (Phi) is 5.73. The Balaban J connectivity index is 1.54. The third-order valence-corrected chi connectivity index (χ3v) is 6.59. The van der Waals surface area contributed by atoms with Gasteiger partial charge in [0.1, 0.15) is 11.4 Å². The number of azo groups is 1. The number of aromatic amines is 1. The summed E-state index contributed by atoms with van der Waals surface area (Å²) in [5.41, 5.74) is 4.37. The number of aromatic nitrogens is 1. The second kappa shape index (κ2) is 9.37. The number of hydrogen-bond donors (Lipinski definition) is 3. The first-order valence-electron chi connectivity index (χ1n) is 12.1. The molecule has 0 aliphatic carbocycles. The van der Waals surface area contributed by atoms with Crippen molar-refractivity contribution in [2.24, 2.45) is 10.2 Å². The molecule has 186 valence electrons. The van der Waals surface area contributed by atoms with E-state index in [4.69, 9.17) is 4.74 Å². The van der Waals surface area contributed by atoms with Crippen molar-refractivity contribution in [3.8, 4) is 11.5 Å². The maximum atomic E-state index is 13.3. The van der Waals surface area contributed by atoms with Crippen LogP contribution in [0.15, 0.2) is 101 Å². The van der Waals surface area contributed by atoms with Crippen molar-refractivity contribution in [2.45, 2.75) is 6.92 Å². The number of carbonyl (C=O) groups excluding carboxylic acids is 1. The average Bonchev–Trinajstić information content (AvgIpc) is 3.31. The SMILES string of the molecule is COc1ccc(NC(=O)c2cc3ccc4c5ccccc5[nH]c4c3c(N=Nc3cccc(C)c3)c2O)cc1. The maximum absolute atomic E-state index is 13.3. The van der Waals surface area contributed by atoms with E-state index in [1.807, 2.05) is 67.6 Å². The van der Waals surface area contributed by atoms with Crippen LogP contribution in [0.5, 0.6) is 11.5 Å². The van der Waals surface area contributed by atoms with E-state index in [1.165, 1.54) is 0 Å². The summed E-state index contributed by atoms with van der Waals surface area (Å²) in [6, 6.07) is 28.2. The minimum absolute atomic E-state index is 0.0990. The third-order valence-electron chi connectivity index (χ3n) is 6.59. The summed E-state index contributed by atoms with van der Waals surface area (Å²) in [5, 5.41) is 26.7. The summed E-state index contributed by atoms with van der Waals surface area (Å²) in [6.45, 7) is 1.98. The molecular formula is C31H24N4O3. The molecule has 0 fully saturated rings. The number of hydrogen-bond acceptors (Lipinski definition) is 5. The number of nitrogens with zero attached hydrogens (tertiary/aromatic N) is 2. The highest BCUT2D eigenvalue weighted by Gasteiger charge is 2.21. The predicted molar refractivity (Wildman–Crippen MR) is 151 cm³/mol. The van der Waals surface area contributed by atoms with Gasteiger partial charge in [0.05, 0.1) is 23.9 Å². The second-order valence-corrected chi connectivity index (χ2v) is 9.10. The predicted octanol–water partition coefficient (Wildman–Crippen LogP) is 8.16.